The molecule has 92 valence electrons. The lowest BCUT2D eigenvalue weighted by Crippen LogP contribution is -2.06. The minimum Gasteiger partial charge on any atom is -0.475 e. The minimum atomic E-state index is -1.26. The van der Waals surface area contributed by atoms with Crippen LogP contribution in [0.4, 0.5) is 0 Å². The average molecular weight is 262 g/mol. The Labute approximate surface area is 108 Å². The summed E-state index contributed by atoms with van der Waals surface area (Å²) in [6.07, 6.45) is 3.68. The first kappa shape index (κ1) is 12.4. The number of aromatic carboxylic acids is 1. The van der Waals surface area contributed by atoms with Gasteiger partial charge in [0.15, 0.2) is 5.43 Å². The number of hydrogen-bond acceptors (Lipinski definition) is 4. The predicted octanol–water partition coefficient (Wildman–Crippen LogP) is 2.43. The predicted molar refractivity (Wildman–Crippen MR) is 72.3 cm³/mol. The van der Waals surface area contributed by atoms with Gasteiger partial charge in [0.2, 0.25) is 5.76 Å². The molecule has 0 saturated carbocycles. The van der Waals surface area contributed by atoms with Crippen molar-refractivity contribution in [3.05, 3.63) is 51.9 Å². The molecule has 0 saturated heterocycles. The summed E-state index contributed by atoms with van der Waals surface area (Å²) in [5.41, 5.74) is 0.740. The van der Waals surface area contributed by atoms with Gasteiger partial charge in [0.25, 0.3) is 0 Å². The van der Waals surface area contributed by atoms with E-state index in [0.717, 1.165) is 11.6 Å². The van der Waals surface area contributed by atoms with Crippen LogP contribution in [-0.2, 0) is 0 Å². The number of benzene rings is 1. The average Bonchev–Trinajstić information content (AvgIpc) is 2.36. The maximum atomic E-state index is 11.8. The molecule has 1 N–H and O–H groups in total. The smallest absolute Gasteiger partial charge is 0.371 e. The number of carboxylic acids is 1. The Kier molecular flexibility index (Phi) is 3.53. The van der Waals surface area contributed by atoms with E-state index >= 15 is 0 Å². The third-order valence-electron chi connectivity index (χ3n) is 2.38. The molecule has 0 radical (unpaired) electrons. The maximum Gasteiger partial charge on any atom is 0.371 e. The second-order valence-corrected chi connectivity index (χ2v) is 3.99. The Bertz CT molecular complexity index is 685. The van der Waals surface area contributed by atoms with Crippen LogP contribution in [0.3, 0.4) is 0 Å². The summed E-state index contributed by atoms with van der Waals surface area (Å²) < 4.78 is 5.12. The Morgan fingerprint density at radius 2 is 2.17 bits per heavy atom. The van der Waals surface area contributed by atoms with Crippen LogP contribution in [0.5, 0.6) is 0 Å². The zero-order valence-corrected chi connectivity index (χ0v) is 10.2. The molecule has 18 heavy (non-hydrogen) atoms. The number of thiol groups is 1. The van der Waals surface area contributed by atoms with Crippen LogP contribution in [0, 0.1) is 0 Å². The number of rotatable bonds is 3. The molecule has 0 fully saturated rings. The molecule has 0 aliphatic rings. The highest BCUT2D eigenvalue weighted by Gasteiger charge is 2.10. The number of carbonyl (C=O) groups is 1. The highest BCUT2D eigenvalue weighted by atomic mass is 32.1. The van der Waals surface area contributed by atoms with Crippen molar-refractivity contribution in [3.63, 3.8) is 0 Å². The summed E-state index contributed by atoms with van der Waals surface area (Å²) in [4.78, 5) is 22.5. The molecule has 2 aromatic rings. The largest absolute Gasteiger partial charge is 0.475 e. The molecular formula is C13H10O4S. The maximum absolute atomic E-state index is 11.8. The Balaban J connectivity index is 2.62. The quantitative estimate of drug-likeness (QED) is 0.834. The molecule has 1 heterocycles. The summed E-state index contributed by atoms with van der Waals surface area (Å²) >= 11 is 4.05. The topological polar surface area (TPSA) is 67.5 Å². The van der Waals surface area contributed by atoms with Gasteiger partial charge in [-0.3, -0.25) is 4.79 Å². The first-order valence-corrected chi connectivity index (χ1v) is 5.83. The summed E-state index contributed by atoms with van der Waals surface area (Å²) in [7, 11) is 0. The van der Waals surface area contributed by atoms with Crippen LogP contribution in [0.25, 0.3) is 17.0 Å². The fourth-order valence-electron chi connectivity index (χ4n) is 1.57. The molecule has 0 aliphatic heterocycles. The molecule has 0 bridgehead atoms. The van der Waals surface area contributed by atoms with E-state index in [9.17, 15) is 9.59 Å². The Hall–Kier alpha value is -2.01. The van der Waals surface area contributed by atoms with E-state index in [-0.39, 0.29) is 16.8 Å². The van der Waals surface area contributed by atoms with Gasteiger partial charge in [-0.25, -0.2) is 4.79 Å². The van der Waals surface area contributed by atoms with Gasteiger partial charge in [0.05, 0.1) is 5.39 Å². The van der Waals surface area contributed by atoms with Gasteiger partial charge >= 0.3 is 5.97 Å². The number of hydrogen-bond donors (Lipinski definition) is 2. The zero-order chi connectivity index (χ0) is 13.1. The van der Waals surface area contributed by atoms with E-state index in [1.54, 1.807) is 18.2 Å². The van der Waals surface area contributed by atoms with Crippen LogP contribution >= 0.6 is 12.6 Å². The summed E-state index contributed by atoms with van der Waals surface area (Å²) in [6, 6.07) is 5.97. The molecule has 0 atom stereocenters. The van der Waals surface area contributed by atoms with Gasteiger partial charge in [-0.2, -0.15) is 12.6 Å². The van der Waals surface area contributed by atoms with E-state index in [2.05, 4.69) is 12.6 Å². The number of carboxylic acid groups (broad SMARTS) is 1. The standard InChI is InChI=1S/C13H10O4S/c14-10-7-12(13(15)16)17-11-4-3-8(2-1-5-18)6-9(10)11/h1-4,6-7,18H,5H2,(H,15,16). The molecule has 0 unspecified atom stereocenters. The fraction of sp³-hybridized carbons (Fsp3) is 0.0769. The molecule has 1 aromatic heterocycles. The lowest BCUT2D eigenvalue weighted by Gasteiger charge is -2.00. The summed E-state index contributed by atoms with van der Waals surface area (Å²) in [6.45, 7) is 0. The van der Waals surface area contributed by atoms with Crippen molar-refractivity contribution in [3.8, 4) is 0 Å². The highest BCUT2D eigenvalue weighted by Crippen LogP contribution is 2.15. The Morgan fingerprint density at radius 3 is 2.83 bits per heavy atom. The molecule has 4 nitrogen and oxygen atoms in total. The normalized spacial score (nSPS) is 11.2. The van der Waals surface area contributed by atoms with Crippen molar-refractivity contribution in [1.29, 1.82) is 0 Å². The van der Waals surface area contributed by atoms with Crippen LogP contribution in [0.1, 0.15) is 16.1 Å². The van der Waals surface area contributed by atoms with E-state index in [0.29, 0.717) is 11.1 Å². The molecular weight excluding hydrogens is 252 g/mol. The lowest BCUT2D eigenvalue weighted by atomic mass is 10.1. The second-order valence-electron chi connectivity index (χ2n) is 3.62. The Morgan fingerprint density at radius 1 is 1.39 bits per heavy atom. The van der Waals surface area contributed by atoms with Crippen LogP contribution < -0.4 is 5.43 Å². The van der Waals surface area contributed by atoms with Gasteiger partial charge in [-0.15, -0.1) is 0 Å². The van der Waals surface area contributed by atoms with Gasteiger partial charge in [-0.05, 0) is 17.7 Å². The minimum absolute atomic E-state index is 0.267. The van der Waals surface area contributed by atoms with E-state index in [4.69, 9.17) is 9.52 Å². The van der Waals surface area contributed by atoms with Gasteiger partial charge in [-0.1, -0.05) is 18.2 Å². The second kappa shape index (κ2) is 5.10. The monoisotopic (exact) mass is 262 g/mol. The molecule has 1 aromatic carbocycles. The molecule has 2 rings (SSSR count). The zero-order valence-electron chi connectivity index (χ0n) is 9.29. The molecule has 5 heteroatoms. The van der Waals surface area contributed by atoms with Crippen molar-refractivity contribution in [2.75, 3.05) is 5.75 Å². The number of fused-ring (bicyclic) bond motifs is 1. The van der Waals surface area contributed by atoms with Crippen LogP contribution in [0.15, 0.2) is 39.6 Å². The van der Waals surface area contributed by atoms with Crippen molar-refractivity contribution in [2.45, 2.75) is 0 Å². The molecule has 0 amide bonds. The van der Waals surface area contributed by atoms with Gasteiger partial charge in [0.1, 0.15) is 5.58 Å². The van der Waals surface area contributed by atoms with Crippen molar-refractivity contribution in [2.24, 2.45) is 0 Å². The highest BCUT2D eigenvalue weighted by molar-refractivity contribution is 7.80. The lowest BCUT2D eigenvalue weighted by molar-refractivity contribution is 0.0663. The third-order valence-corrected chi connectivity index (χ3v) is 2.59. The molecule has 0 spiro atoms. The first-order chi connectivity index (χ1) is 8.61. The summed E-state index contributed by atoms with van der Waals surface area (Å²) in [5.74, 6) is -1.01. The van der Waals surface area contributed by atoms with Crippen molar-refractivity contribution < 1.29 is 14.3 Å². The van der Waals surface area contributed by atoms with E-state index in [1.807, 2.05) is 12.2 Å². The third kappa shape index (κ3) is 2.46. The summed E-state index contributed by atoms with van der Waals surface area (Å²) in [5, 5.41) is 9.15. The molecule has 0 aliphatic carbocycles. The SMILES string of the molecule is O=C(O)c1cc(=O)c2cc(C=CCS)ccc2o1. The van der Waals surface area contributed by atoms with E-state index in [1.165, 1.54) is 0 Å². The van der Waals surface area contributed by atoms with Crippen LogP contribution in [-0.4, -0.2) is 16.8 Å². The van der Waals surface area contributed by atoms with Gasteiger partial charge < -0.3 is 9.52 Å². The van der Waals surface area contributed by atoms with Crippen LogP contribution in [0.2, 0.25) is 0 Å². The van der Waals surface area contributed by atoms with Crippen molar-refractivity contribution >= 4 is 35.6 Å². The fourth-order valence-corrected chi connectivity index (χ4v) is 1.68. The van der Waals surface area contributed by atoms with Crippen molar-refractivity contribution in [1.82, 2.24) is 0 Å². The van der Waals surface area contributed by atoms with E-state index < -0.39 is 5.97 Å². The van der Waals surface area contributed by atoms with Gasteiger partial charge in [0, 0.05) is 11.8 Å². The first-order valence-electron chi connectivity index (χ1n) is 5.20.